The summed E-state index contributed by atoms with van der Waals surface area (Å²) in [6.45, 7) is 12.0. The van der Waals surface area contributed by atoms with Crippen LogP contribution in [-0.4, -0.2) is 68.6 Å². The molecule has 2 heterocycles. The van der Waals surface area contributed by atoms with Gasteiger partial charge in [0.1, 0.15) is 5.75 Å². The average molecular weight is 416 g/mol. The van der Waals surface area contributed by atoms with Crippen LogP contribution in [0.3, 0.4) is 0 Å². The number of nitrogens with one attached hydrogen (secondary N) is 1. The number of piperidine rings is 1. The summed E-state index contributed by atoms with van der Waals surface area (Å²) in [6.07, 6.45) is 5.10. The van der Waals surface area contributed by atoms with Gasteiger partial charge in [-0.2, -0.15) is 0 Å². The predicted molar refractivity (Wildman–Crippen MR) is 123 cm³/mol. The zero-order valence-electron chi connectivity index (χ0n) is 19.7. The lowest BCUT2D eigenvalue weighted by Crippen LogP contribution is -2.53. The largest absolute Gasteiger partial charge is 0.497 e. The number of rotatable bonds is 9. The molecule has 2 unspecified atom stereocenters. The number of likely N-dealkylation sites (tertiary alicyclic amines) is 2. The molecule has 1 N–H and O–H groups in total. The van der Waals surface area contributed by atoms with Crippen LogP contribution in [0.25, 0.3) is 0 Å². The number of carbonyl (C=O) groups is 1. The molecule has 0 aromatic heterocycles. The lowest BCUT2D eigenvalue weighted by Gasteiger charge is -2.51. The van der Waals surface area contributed by atoms with Crippen molar-refractivity contribution in [1.29, 1.82) is 0 Å². The highest BCUT2D eigenvalue weighted by molar-refractivity contribution is 5.77. The smallest absolute Gasteiger partial charge is 0.222 e. The number of hydrogen-bond donors (Lipinski definition) is 1. The van der Waals surface area contributed by atoms with Gasteiger partial charge in [-0.05, 0) is 95.4 Å². The van der Waals surface area contributed by atoms with Gasteiger partial charge in [0.15, 0.2) is 0 Å². The van der Waals surface area contributed by atoms with Gasteiger partial charge in [0.2, 0.25) is 5.91 Å². The van der Waals surface area contributed by atoms with E-state index >= 15 is 0 Å². The molecule has 1 aromatic rings. The molecule has 2 aliphatic heterocycles. The molecular formula is C25H41N3O2. The van der Waals surface area contributed by atoms with Gasteiger partial charge >= 0.3 is 0 Å². The summed E-state index contributed by atoms with van der Waals surface area (Å²) < 4.78 is 5.59. The Bertz CT molecular complexity index is 722. The number of nitrogens with zero attached hydrogens (tertiary/aromatic N) is 2. The van der Waals surface area contributed by atoms with Crippen LogP contribution in [0.5, 0.6) is 5.75 Å². The second-order valence-corrected chi connectivity index (χ2v) is 9.43. The van der Waals surface area contributed by atoms with E-state index in [9.17, 15) is 4.79 Å². The minimum absolute atomic E-state index is 0.155. The first-order valence-electron chi connectivity index (χ1n) is 11.7. The SMILES string of the molecule is COc1ccc(C)c(C2(CCNCCCN3CCCC3=O)CCN(C)C(C)[C@@H]2C)c1. The minimum atomic E-state index is 0.155. The molecule has 3 atom stereocenters. The van der Waals surface area contributed by atoms with E-state index in [0.29, 0.717) is 17.9 Å². The van der Waals surface area contributed by atoms with E-state index in [1.807, 2.05) is 4.90 Å². The molecule has 5 heteroatoms. The lowest BCUT2D eigenvalue weighted by atomic mass is 9.61. The molecule has 2 aliphatic rings. The Balaban J connectivity index is 1.66. The van der Waals surface area contributed by atoms with Gasteiger partial charge in [-0.25, -0.2) is 0 Å². The van der Waals surface area contributed by atoms with E-state index < -0.39 is 0 Å². The molecule has 5 nitrogen and oxygen atoms in total. The average Bonchev–Trinajstić information content (AvgIpc) is 3.16. The van der Waals surface area contributed by atoms with Crippen molar-refractivity contribution in [1.82, 2.24) is 15.1 Å². The normalized spacial score (nSPS) is 27.6. The lowest BCUT2D eigenvalue weighted by molar-refractivity contribution is -0.127. The van der Waals surface area contributed by atoms with E-state index in [-0.39, 0.29) is 5.41 Å². The fourth-order valence-corrected chi connectivity index (χ4v) is 5.55. The zero-order valence-corrected chi connectivity index (χ0v) is 19.7. The summed E-state index contributed by atoms with van der Waals surface area (Å²) in [7, 11) is 4.01. The maximum absolute atomic E-state index is 11.8. The number of ether oxygens (including phenoxy) is 1. The number of benzene rings is 1. The summed E-state index contributed by atoms with van der Waals surface area (Å²) >= 11 is 0. The quantitative estimate of drug-likeness (QED) is 0.626. The van der Waals surface area contributed by atoms with Crippen molar-refractivity contribution in [2.45, 2.75) is 64.3 Å². The second-order valence-electron chi connectivity index (χ2n) is 9.43. The molecular weight excluding hydrogens is 374 g/mol. The van der Waals surface area contributed by atoms with Gasteiger partial charge < -0.3 is 19.9 Å². The van der Waals surface area contributed by atoms with Crippen molar-refractivity contribution in [3.05, 3.63) is 29.3 Å². The molecule has 0 bridgehead atoms. The van der Waals surface area contributed by atoms with Crippen LogP contribution >= 0.6 is 0 Å². The third kappa shape index (κ3) is 4.83. The molecule has 3 rings (SSSR count). The molecule has 0 saturated carbocycles. The molecule has 0 spiro atoms. The summed E-state index contributed by atoms with van der Waals surface area (Å²) in [6, 6.07) is 7.12. The molecule has 1 aromatic carbocycles. The highest BCUT2D eigenvalue weighted by Gasteiger charge is 2.45. The molecule has 1 amide bonds. The molecule has 0 radical (unpaired) electrons. The maximum Gasteiger partial charge on any atom is 0.222 e. The highest BCUT2D eigenvalue weighted by atomic mass is 16.5. The fraction of sp³-hybridized carbons (Fsp3) is 0.720. The van der Waals surface area contributed by atoms with E-state index in [4.69, 9.17) is 4.74 Å². The van der Waals surface area contributed by atoms with Gasteiger partial charge in [-0.1, -0.05) is 13.0 Å². The van der Waals surface area contributed by atoms with E-state index in [1.165, 1.54) is 17.5 Å². The fourth-order valence-electron chi connectivity index (χ4n) is 5.55. The molecule has 0 aliphatic carbocycles. The monoisotopic (exact) mass is 415 g/mol. The number of hydrogen-bond acceptors (Lipinski definition) is 4. The van der Waals surface area contributed by atoms with Crippen LogP contribution in [0.4, 0.5) is 0 Å². The molecule has 2 saturated heterocycles. The Hall–Kier alpha value is -1.59. The van der Waals surface area contributed by atoms with Gasteiger partial charge in [-0.3, -0.25) is 4.79 Å². The van der Waals surface area contributed by atoms with Gasteiger partial charge in [0, 0.05) is 31.0 Å². The maximum atomic E-state index is 11.8. The Morgan fingerprint density at radius 3 is 2.73 bits per heavy atom. The number of amides is 1. The van der Waals surface area contributed by atoms with Crippen molar-refractivity contribution in [3.8, 4) is 5.75 Å². The van der Waals surface area contributed by atoms with Crippen LogP contribution in [-0.2, 0) is 10.2 Å². The highest BCUT2D eigenvalue weighted by Crippen LogP contribution is 2.46. The standard InChI is InChI=1S/C25H41N3O2/c1-19-9-10-22(30-5)18-23(19)25(12-17-27(4)21(3)20(25)2)11-14-26-13-7-16-28-15-6-8-24(28)29/h9-10,18,20-21,26H,6-8,11-17H2,1-5H3/t20-,21?,25?/m0/s1. The summed E-state index contributed by atoms with van der Waals surface area (Å²) in [5, 5.41) is 3.68. The Labute approximate surface area is 183 Å². The third-order valence-corrected chi connectivity index (χ3v) is 7.88. The van der Waals surface area contributed by atoms with Crippen LogP contribution < -0.4 is 10.1 Å². The Morgan fingerprint density at radius 1 is 1.23 bits per heavy atom. The summed E-state index contributed by atoms with van der Waals surface area (Å²) in [5.74, 6) is 1.85. The van der Waals surface area contributed by atoms with E-state index in [0.717, 1.165) is 64.2 Å². The van der Waals surface area contributed by atoms with Crippen molar-refractivity contribution in [2.24, 2.45) is 5.92 Å². The first-order valence-corrected chi connectivity index (χ1v) is 11.7. The predicted octanol–water partition coefficient (Wildman–Crippen LogP) is 3.59. The second kappa shape index (κ2) is 10.1. The summed E-state index contributed by atoms with van der Waals surface area (Å²) in [5.41, 5.74) is 2.98. The molecule has 2 fully saturated rings. The summed E-state index contributed by atoms with van der Waals surface area (Å²) in [4.78, 5) is 16.3. The molecule has 30 heavy (non-hydrogen) atoms. The van der Waals surface area contributed by atoms with Gasteiger partial charge in [0.05, 0.1) is 7.11 Å². The Kier molecular flexibility index (Phi) is 7.81. The number of carbonyl (C=O) groups excluding carboxylic acids is 1. The number of aryl methyl sites for hydroxylation is 1. The van der Waals surface area contributed by atoms with E-state index in [1.54, 1.807) is 7.11 Å². The number of methoxy groups -OCH3 is 1. The minimum Gasteiger partial charge on any atom is -0.497 e. The van der Waals surface area contributed by atoms with Crippen LogP contribution in [0.1, 0.15) is 57.1 Å². The zero-order chi connectivity index (χ0) is 21.7. The third-order valence-electron chi connectivity index (χ3n) is 7.88. The van der Waals surface area contributed by atoms with Crippen molar-refractivity contribution < 1.29 is 9.53 Å². The van der Waals surface area contributed by atoms with Crippen LogP contribution in [0.15, 0.2) is 18.2 Å². The van der Waals surface area contributed by atoms with E-state index in [2.05, 4.69) is 56.2 Å². The topological polar surface area (TPSA) is 44.8 Å². The van der Waals surface area contributed by atoms with Crippen molar-refractivity contribution >= 4 is 5.91 Å². The Morgan fingerprint density at radius 2 is 2.03 bits per heavy atom. The van der Waals surface area contributed by atoms with Gasteiger partial charge in [-0.15, -0.1) is 0 Å². The van der Waals surface area contributed by atoms with Crippen molar-refractivity contribution in [3.63, 3.8) is 0 Å². The van der Waals surface area contributed by atoms with Crippen LogP contribution in [0.2, 0.25) is 0 Å². The van der Waals surface area contributed by atoms with Gasteiger partial charge in [0.25, 0.3) is 0 Å². The first kappa shape index (κ1) is 23.1. The van der Waals surface area contributed by atoms with Crippen molar-refractivity contribution in [2.75, 3.05) is 46.9 Å². The molecule has 168 valence electrons. The van der Waals surface area contributed by atoms with Crippen LogP contribution in [0, 0.1) is 12.8 Å². The first-order chi connectivity index (χ1) is 14.4.